The number of para-hydroxylation sites is 1. The highest BCUT2D eigenvalue weighted by molar-refractivity contribution is 5.46. The predicted octanol–water partition coefficient (Wildman–Crippen LogP) is 2.64. The first-order valence-electron chi connectivity index (χ1n) is 6.30. The van der Waals surface area contributed by atoms with Gasteiger partial charge in [0.15, 0.2) is 0 Å². The van der Waals surface area contributed by atoms with Gasteiger partial charge in [0.2, 0.25) is 0 Å². The van der Waals surface area contributed by atoms with E-state index in [0.29, 0.717) is 5.41 Å². The second-order valence-electron chi connectivity index (χ2n) is 4.91. The van der Waals surface area contributed by atoms with E-state index in [-0.39, 0.29) is 0 Å². The molecule has 2 heteroatoms. The van der Waals surface area contributed by atoms with Crippen LogP contribution in [0, 0.1) is 5.41 Å². The van der Waals surface area contributed by atoms with Crippen molar-refractivity contribution in [2.24, 2.45) is 11.1 Å². The van der Waals surface area contributed by atoms with E-state index in [0.717, 1.165) is 19.6 Å². The molecule has 0 radical (unpaired) electrons. The molecule has 2 nitrogen and oxygen atoms in total. The van der Waals surface area contributed by atoms with Crippen molar-refractivity contribution in [2.45, 2.75) is 26.2 Å². The topological polar surface area (TPSA) is 29.3 Å². The van der Waals surface area contributed by atoms with Crippen LogP contribution in [-0.2, 0) is 0 Å². The maximum Gasteiger partial charge on any atom is 0.0366 e. The third-order valence-electron chi connectivity index (χ3n) is 3.88. The lowest BCUT2D eigenvalue weighted by atomic mass is 9.68. The van der Waals surface area contributed by atoms with Gasteiger partial charge in [0.1, 0.15) is 0 Å². The SMILES string of the molecule is CCN(CC1(CN)CCC1)c1ccccc1. The Labute approximate surface area is 98.4 Å². The summed E-state index contributed by atoms with van der Waals surface area (Å²) in [6, 6.07) is 10.7. The normalized spacial score (nSPS) is 17.9. The van der Waals surface area contributed by atoms with Crippen LogP contribution in [-0.4, -0.2) is 19.6 Å². The van der Waals surface area contributed by atoms with Crippen LogP contribution < -0.4 is 10.6 Å². The number of nitrogens with zero attached hydrogens (tertiary/aromatic N) is 1. The van der Waals surface area contributed by atoms with Gasteiger partial charge >= 0.3 is 0 Å². The third kappa shape index (κ3) is 2.22. The van der Waals surface area contributed by atoms with E-state index in [1.165, 1.54) is 24.9 Å². The summed E-state index contributed by atoms with van der Waals surface area (Å²) in [6.07, 6.45) is 3.95. The Hall–Kier alpha value is -1.02. The molecule has 0 aromatic heterocycles. The van der Waals surface area contributed by atoms with Gasteiger partial charge in [0.05, 0.1) is 0 Å². The first-order chi connectivity index (χ1) is 7.79. The molecule has 1 fully saturated rings. The molecule has 1 saturated carbocycles. The highest BCUT2D eigenvalue weighted by atomic mass is 15.1. The lowest BCUT2D eigenvalue weighted by molar-refractivity contribution is 0.152. The van der Waals surface area contributed by atoms with Gasteiger partial charge in [-0.25, -0.2) is 0 Å². The van der Waals surface area contributed by atoms with E-state index in [1.54, 1.807) is 0 Å². The molecule has 2 N–H and O–H groups in total. The van der Waals surface area contributed by atoms with Crippen molar-refractivity contribution >= 4 is 5.69 Å². The number of rotatable bonds is 5. The molecular weight excluding hydrogens is 196 g/mol. The van der Waals surface area contributed by atoms with Crippen molar-refractivity contribution in [1.29, 1.82) is 0 Å². The minimum absolute atomic E-state index is 0.395. The van der Waals surface area contributed by atoms with Gasteiger partial charge in [-0.2, -0.15) is 0 Å². The van der Waals surface area contributed by atoms with Crippen LogP contribution in [0.2, 0.25) is 0 Å². The molecule has 0 aliphatic heterocycles. The second-order valence-corrected chi connectivity index (χ2v) is 4.91. The Morgan fingerprint density at radius 2 is 1.94 bits per heavy atom. The van der Waals surface area contributed by atoms with Crippen LogP contribution in [0.15, 0.2) is 30.3 Å². The largest absolute Gasteiger partial charge is 0.371 e. The van der Waals surface area contributed by atoms with Crippen molar-refractivity contribution < 1.29 is 0 Å². The molecule has 1 aliphatic carbocycles. The molecular formula is C14H22N2. The van der Waals surface area contributed by atoms with E-state index in [4.69, 9.17) is 5.73 Å². The fraction of sp³-hybridized carbons (Fsp3) is 0.571. The molecule has 1 aromatic rings. The Kier molecular flexibility index (Phi) is 3.49. The van der Waals surface area contributed by atoms with Crippen molar-refractivity contribution in [1.82, 2.24) is 0 Å². The smallest absolute Gasteiger partial charge is 0.0366 e. The van der Waals surface area contributed by atoms with Gasteiger partial charge in [-0.05, 0) is 38.4 Å². The van der Waals surface area contributed by atoms with Gasteiger partial charge in [0.25, 0.3) is 0 Å². The molecule has 0 atom stereocenters. The predicted molar refractivity (Wildman–Crippen MR) is 69.7 cm³/mol. The summed E-state index contributed by atoms with van der Waals surface area (Å²) in [5.41, 5.74) is 7.64. The molecule has 0 unspecified atom stereocenters. The Bertz CT molecular complexity index is 311. The zero-order valence-electron chi connectivity index (χ0n) is 10.2. The number of anilines is 1. The van der Waals surface area contributed by atoms with E-state index >= 15 is 0 Å². The summed E-state index contributed by atoms with van der Waals surface area (Å²) in [4.78, 5) is 2.45. The van der Waals surface area contributed by atoms with Gasteiger partial charge < -0.3 is 10.6 Å². The van der Waals surface area contributed by atoms with E-state index in [2.05, 4.69) is 42.2 Å². The van der Waals surface area contributed by atoms with Gasteiger partial charge in [-0.15, -0.1) is 0 Å². The number of hydrogen-bond donors (Lipinski definition) is 1. The van der Waals surface area contributed by atoms with Gasteiger partial charge in [-0.3, -0.25) is 0 Å². The summed E-state index contributed by atoms with van der Waals surface area (Å²) in [7, 11) is 0. The Morgan fingerprint density at radius 3 is 2.38 bits per heavy atom. The maximum absolute atomic E-state index is 5.92. The van der Waals surface area contributed by atoms with Crippen LogP contribution in [0.5, 0.6) is 0 Å². The average molecular weight is 218 g/mol. The molecule has 16 heavy (non-hydrogen) atoms. The first-order valence-corrected chi connectivity index (χ1v) is 6.30. The summed E-state index contributed by atoms with van der Waals surface area (Å²) < 4.78 is 0. The van der Waals surface area contributed by atoms with Crippen LogP contribution in [0.3, 0.4) is 0 Å². The molecule has 1 aromatic carbocycles. The lowest BCUT2D eigenvalue weighted by Crippen LogP contribution is -2.47. The number of benzene rings is 1. The zero-order chi connectivity index (χ0) is 11.4. The molecule has 0 amide bonds. The van der Waals surface area contributed by atoms with Crippen LogP contribution in [0.25, 0.3) is 0 Å². The Balaban J connectivity index is 2.06. The summed E-state index contributed by atoms with van der Waals surface area (Å²) >= 11 is 0. The average Bonchev–Trinajstić information content (AvgIpc) is 2.30. The molecule has 0 saturated heterocycles. The molecule has 88 valence electrons. The first kappa shape index (κ1) is 11.5. The monoisotopic (exact) mass is 218 g/mol. The lowest BCUT2D eigenvalue weighted by Gasteiger charge is -2.44. The molecule has 1 aliphatic rings. The summed E-state index contributed by atoms with van der Waals surface area (Å²) in [6.45, 7) is 5.22. The Morgan fingerprint density at radius 1 is 1.25 bits per heavy atom. The van der Waals surface area contributed by atoms with Crippen LogP contribution in [0.4, 0.5) is 5.69 Å². The fourth-order valence-electron chi connectivity index (χ4n) is 2.53. The maximum atomic E-state index is 5.92. The standard InChI is InChI=1S/C14H22N2/c1-2-16(13-7-4-3-5-8-13)12-14(11-15)9-6-10-14/h3-5,7-8H,2,6,9-12,15H2,1H3. The summed E-state index contributed by atoms with van der Waals surface area (Å²) in [5.74, 6) is 0. The number of nitrogens with two attached hydrogens (primary N) is 1. The van der Waals surface area contributed by atoms with Crippen molar-refractivity contribution in [2.75, 3.05) is 24.5 Å². The molecule has 0 spiro atoms. The van der Waals surface area contributed by atoms with Crippen LogP contribution in [0.1, 0.15) is 26.2 Å². The van der Waals surface area contributed by atoms with Crippen LogP contribution >= 0.6 is 0 Å². The van der Waals surface area contributed by atoms with E-state index in [1.807, 2.05) is 0 Å². The van der Waals surface area contributed by atoms with Crippen molar-refractivity contribution in [3.05, 3.63) is 30.3 Å². The fourth-order valence-corrected chi connectivity index (χ4v) is 2.53. The molecule has 0 heterocycles. The number of hydrogen-bond acceptors (Lipinski definition) is 2. The highest BCUT2D eigenvalue weighted by Gasteiger charge is 2.36. The zero-order valence-corrected chi connectivity index (χ0v) is 10.2. The second kappa shape index (κ2) is 4.88. The highest BCUT2D eigenvalue weighted by Crippen LogP contribution is 2.41. The minimum atomic E-state index is 0.395. The van der Waals surface area contributed by atoms with E-state index in [9.17, 15) is 0 Å². The minimum Gasteiger partial charge on any atom is -0.371 e. The molecule has 2 rings (SSSR count). The molecule has 0 bridgehead atoms. The third-order valence-corrected chi connectivity index (χ3v) is 3.88. The van der Waals surface area contributed by atoms with Gasteiger partial charge in [0, 0.05) is 24.2 Å². The van der Waals surface area contributed by atoms with Crippen molar-refractivity contribution in [3.63, 3.8) is 0 Å². The van der Waals surface area contributed by atoms with E-state index < -0.39 is 0 Å². The quantitative estimate of drug-likeness (QED) is 0.823. The van der Waals surface area contributed by atoms with Crippen molar-refractivity contribution in [3.8, 4) is 0 Å². The van der Waals surface area contributed by atoms with Gasteiger partial charge in [-0.1, -0.05) is 24.6 Å². The summed E-state index contributed by atoms with van der Waals surface area (Å²) in [5, 5.41) is 0.